The summed E-state index contributed by atoms with van der Waals surface area (Å²) >= 11 is 0. The molecule has 2 rings (SSSR count). The van der Waals surface area contributed by atoms with Crippen LogP contribution in [0.15, 0.2) is 35.7 Å². The Hall–Kier alpha value is -1.66. The van der Waals surface area contributed by atoms with Gasteiger partial charge in [0.15, 0.2) is 0 Å². The molecular weight excluding hydrogens is 300 g/mol. The Bertz CT molecular complexity index is 606. The molecule has 0 unspecified atom stereocenters. The highest BCUT2D eigenvalue weighted by atomic mass is 32.2. The van der Waals surface area contributed by atoms with Crippen LogP contribution >= 0.6 is 0 Å². The summed E-state index contributed by atoms with van der Waals surface area (Å²) < 4.78 is 26.1. The van der Waals surface area contributed by atoms with Crippen LogP contribution in [-0.2, 0) is 14.8 Å². The molecule has 1 saturated heterocycles. The lowest BCUT2D eigenvalue weighted by molar-refractivity contribution is -0.131. The van der Waals surface area contributed by atoms with Crippen molar-refractivity contribution in [2.75, 3.05) is 19.6 Å². The number of rotatable bonds is 6. The fraction of sp³-hybridized carbons (Fsp3) is 0.438. The van der Waals surface area contributed by atoms with E-state index in [2.05, 4.69) is 4.72 Å². The van der Waals surface area contributed by atoms with Crippen LogP contribution in [-0.4, -0.2) is 38.9 Å². The normalized spacial score (nSPS) is 16.1. The molecule has 0 bridgehead atoms. The quantitative estimate of drug-likeness (QED) is 0.871. The fourth-order valence-electron chi connectivity index (χ4n) is 2.38. The number of benzene rings is 1. The molecule has 0 radical (unpaired) electrons. The average Bonchev–Trinajstić information content (AvgIpc) is 2.55. The van der Waals surface area contributed by atoms with Crippen molar-refractivity contribution < 1.29 is 13.2 Å². The number of hydrogen-bond donors (Lipinski definition) is 1. The molecule has 5 nitrogen and oxygen atoms in total. The molecule has 1 amide bonds. The molecule has 1 aliphatic rings. The Morgan fingerprint density at radius 2 is 1.82 bits per heavy atom. The smallest absolute Gasteiger partial charge is 0.233 e. The Morgan fingerprint density at radius 1 is 1.14 bits per heavy atom. The van der Waals surface area contributed by atoms with Crippen LogP contribution < -0.4 is 4.72 Å². The number of carbonyl (C=O) groups is 1. The fourth-order valence-corrected chi connectivity index (χ4v) is 3.20. The van der Waals surface area contributed by atoms with Gasteiger partial charge in [-0.15, -0.1) is 0 Å². The first-order chi connectivity index (χ1) is 10.6. The average molecular weight is 322 g/mol. The van der Waals surface area contributed by atoms with Gasteiger partial charge in [0.1, 0.15) is 0 Å². The zero-order valence-corrected chi connectivity index (χ0v) is 13.4. The van der Waals surface area contributed by atoms with Gasteiger partial charge in [0.2, 0.25) is 15.9 Å². The van der Waals surface area contributed by atoms with Crippen LogP contribution in [0.25, 0.3) is 6.08 Å². The van der Waals surface area contributed by atoms with Crippen LogP contribution in [0, 0.1) is 0 Å². The molecule has 0 spiro atoms. The van der Waals surface area contributed by atoms with Gasteiger partial charge in [-0.2, -0.15) is 0 Å². The highest BCUT2D eigenvalue weighted by Crippen LogP contribution is 2.09. The van der Waals surface area contributed by atoms with Gasteiger partial charge in [0, 0.05) is 31.5 Å². The lowest BCUT2D eigenvalue weighted by Crippen LogP contribution is -2.37. The van der Waals surface area contributed by atoms with Gasteiger partial charge in [0.25, 0.3) is 0 Å². The standard InChI is InChI=1S/C16H22N2O3S/c19-16(18-12-5-2-6-13-18)9-11-17-22(20,21)14-10-15-7-3-1-4-8-15/h1,3-4,7-8,10,14,17H,2,5-6,9,11-13H2/b14-10-. The summed E-state index contributed by atoms with van der Waals surface area (Å²) in [6.45, 7) is 1.72. The van der Waals surface area contributed by atoms with E-state index in [1.807, 2.05) is 35.2 Å². The first-order valence-corrected chi connectivity index (χ1v) is 9.12. The van der Waals surface area contributed by atoms with Gasteiger partial charge in [-0.05, 0) is 30.9 Å². The van der Waals surface area contributed by atoms with Crippen LogP contribution in [0.1, 0.15) is 31.2 Å². The molecule has 0 aromatic heterocycles. The lowest BCUT2D eigenvalue weighted by Gasteiger charge is -2.26. The first-order valence-electron chi connectivity index (χ1n) is 7.57. The Morgan fingerprint density at radius 3 is 2.50 bits per heavy atom. The molecule has 1 aromatic rings. The molecule has 120 valence electrons. The maximum absolute atomic E-state index is 11.9. The van der Waals surface area contributed by atoms with E-state index in [0.29, 0.717) is 0 Å². The predicted molar refractivity (Wildman–Crippen MR) is 87.4 cm³/mol. The van der Waals surface area contributed by atoms with Gasteiger partial charge in [-0.3, -0.25) is 4.79 Å². The Labute approximate surface area is 132 Å². The van der Waals surface area contributed by atoms with Gasteiger partial charge in [-0.1, -0.05) is 30.3 Å². The van der Waals surface area contributed by atoms with E-state index in [-0.39, 0.29) is 18.9 Å². The van der Waals surface area contributed by atoms with Crippen molar-refractivity contribution in [3.8, 4) is 0 Å². The second kappa shape index (κ2) is 8.10. The van der Waals surface area contributed by atoms with Crippen molar-refractivity contribution in [2.24, 2.45) is 0 Å². The lowest BCUT2D eigenvalue weighted by atomic mass is 10.1. The molecule has 1 fully saturated rings. The Balaban J connectivity index is 1.77. The number of nitrogens with one attached hydrogen (secondary N) is 1. The maximum atomic E-state index is 11.9. The monoisotopic (exact) mass is 322 g/mol. The number of likely N-dealkylation sites (tertiary alicyclic amines) is 1. The molecule has 0 aliphatic carbocycles. The van der Waals surface area contributed by atoms with Crippen molar-refractivity contribution in [2.45, 2.75) is 25.7 Å². The zero-order chi connectivity index (χ0) is 15.8. The van der Waals surface area contributed by atoms with E-state index in [1.54, 1.807) is 0 Å². The highest BCUT2D eigenvalue weighted by Gasteiger charge is 2.16. The third kappa shape index (κ3) is 5.61. The summed E-state index contributed by atoms with van der Waals surface area (Å²) in [6, 6.07) is 9.21. The van der Waals surface area contributed by atoms with E-state index in [4.69, 9.17) is 0 Å². The topological polar surface area (TPSA) is 66.5 Å². The van der Waals surface area contributed by atoms with Crippen molar-refractivity contribution in [1.29, 1.82) is 0 Å². The number of carbonyl (C=O) groups excluding carboxylic acids is 1. The molecule has 1 aromatic carbocycles. The molecular formula is C16H22N2O3S. The van der Waals surface area contributed by atoms with Crippen LogP contribution in [0.4, 0.5) is 0 Å². The number of piperidine rings is 1. The van der Waals surface area contributed by atoms with E-state index in [9.17, 15) is 13.2 Å². The van der Waals surface area contributed by atoms with E-state index in [0.717, 1.165) is 36.9 Å². The SMILES string of the molecule is O=C(CCNS(=O)(=O)/C=C\c1ccccc1)N1CCCCC1. The van der Waals surface area contributed by atoms with Crippen molar-refractivity contribution in [3.05, 3.63) is 41.3 Å². The number of sulfonamides is 1. The number of amides is 1. The van der Waals surface area contributed by atoms with Crippen LogP contribution in [0.3, 0.4) is 0 Å². The summed E-state index contributed by atoms with van der Waals surface area (Å²) in [7, 11) is -3.51. The molecule has 1 N–H and O–H groups in total. The van der Waals surface area contributed by atoms with Crippen molar-refractivity contribution >= 4 is 22.0 Å². The van der Waals surface area contributed by atoms with E-state index in [1.165, 1.54) is 12.5 Å². The van der Waals surface area contributed by atoms with Crippen molar-refractivity contribution in [3.63, 3.8) is 0 Å². The van der Waals surface area contributed by atoms with Gasteiger partial charge in [-0.25, -0.2) is 13.1 Å². The second-order valence-corrected chi connectivity index (χ2v) is 7.00. The van der Waals surface area contributed by atoms with Crippen molar-refractivity contribution in [1.82, 2.24) is 9.62 Å². The zero-order valence-electron chi connectivity index (χ0n) is 12.6. The Kier molecular flexibility index (Phi) is 6.15. The van der Waals surface area contributed by atoms with E-state index >= 15 is 0 Å². The van der Waals surface area contributed by atoms with E-state index < -0.39 is 10.0 Å². The second-order valence-electron chi connectivity index (χ2n) is 5.34. The summed E-state index contributed by atoms with van der Waals surface area (Å²) in [6.07, 6.45) is 4.99. The predicted octanol–water partition coefficient (Wildman–Crippen LogP) is 1.98. The number of nitrogens with zero attached hydrogens (tertiary/aromatic N) is 1. The van der Waals surface area contributed by atoms with Gasteiger partial charge >= 0.3 is 0 Å². The molecule has 6 heteroatoms. The minimum Gasteiger partial charge on any atom is -0.343 e. The molecule has 0 saturated carbocycles. The third-order valence-electron chi connectivity index (χ3n) is 3.59. The minimum atomic E-state index is -3.51. The van der Waals surface area contributed by atoms with Gasteiger partial charge in [0.05, 0.1) is 0 Å². The molecule has 1 heterocycles. The molecule has 0 atom stereocenters. The molecule has 22 heavy (non-hydrogen) atoms. The minimum absolute atomic E-state index is 0.0226. The summed E-state index contributed by atoms with van der Waals surface area (Å²) in [4.78, 5) is 13.8. The maximum Gasteiger partial charge on any atom is 0.233 e. The summed E-state index contributed by atoms with van der Waals surface area (Å²) in [5.74, 6) is 0.0226. The summed E-state index contributed by atoms with van der Waals surface area (Å²) in [5.41, 5.74) is 0.817. The first kappa shape index (κ1) is 16.7. The van der Waals surface area contributed by atoms with Crippen LogP contribution in [0.5, 0.6) is 0 Å². The van der Waals surface area contributed by atoms with Gasteiger partial charge < -0.3 is 4.90 Å². The largest absolute Gasteiger partial charge is 0.343 e. The number of hydrogen-bond acceptors (Lipinski definition) is 3. The third-order valence-corrected chi connectivity index (χ3v) is 4.69. The van der Waals surface area contributed by atoms with Crippen LogP contribution in [0.2, 0.25) is 0 Å². The highest BCUT2D eigenvalue weighted by molar-refractivity contribution is 7.92. The molecule has 1 aliphatic heterocycles. The summed E-state index contributed by atoms with van der Waals surface area (Å²) in [5, 5.41) is 1.13.